The lowest BCUT2D eigenvalue weighted by molar-refractivity contribution is 0.607. The van der Waals surface area contributed by atoms with Gasteiger partial charge in [0.1, 0.15) is 0 Å². The zero-order valence-electron chi connectivity index (χ0n) is 10.8. The first-order chi connectivity index (χ1) is 9.44. The Balaban J connectivity index is 2.34. The summed E-state index contributed by atoms with van der Waals surface area (Å²) in [5, 5.41) is 2.61. The molecule has 3 N–H and O–H groups in total. The van der Waals surface area contributed by atoms with Gasteiger partial charge in [-0.1, -0.05) is 12.1 Å². The predicted molar refractivity (Wildman–Crippen MR) is 82.1 cm³/mol. The van der Waals surface area contributed by atoms with Crippen LogP contribution in [0.3, 0.4) is 0 Å². The summed E-state index contributed by atoms with van der Waals surface area (Å²) in [5.74, 6) is 0. The van der Waals surface area contributed by atoms with Gasteiger partial charge in [-0.25, -0.2) is 8.42 Å². The second kappa shape index (κ2) is 4.35. The Hall–Kier alpha value is -2.34. The van der Waals surface area contributed by atoms with E-state index >= 15 is 0 Å². The van der Waals surface area contributed by atoms with E-state index in [0.29, 0.717) is 11.4 Å². The predicted octanol–water partition coefficient (Wildman–Crippen LogP) is 2.34. The van der Waals surface area contributed by atoms with E-state index in [0.717, 1.165) is 27.9 Å². The van der Waals surface area contributed by atoms with E-state index in [9.17, 15) is 8.42 Å². The molecule has 102 valence electrons. The molecule has 0 spiro atoms. The molecule has 0 amide bonds. The summed E-state index contributed by atoms with van der Waals surface area (Å²) in [6.45, 7) is 0. The molecule has 1 heterocycles. The fourth-order valence-electron chi connectivity index (χ4n) is 2.27. The molecule has 3 rings (SSSR count). The minimum absolute atomic E-state index is 0.498. The number of nitrogen functional groups attached to an aromatic ring is 1. The summed E-state index contributed by atoms with van der Waals surface area (Å²) in [6, 6.07) is 10.9. The number of hydrogen-bond donors (Lipinski definition) is 2. The molecule has 0 unspecified atom stereocenters. The number of sulfonamides is 1. The smallest absolute Gasteiger partial charge is 0.229 e. The van der Waals surface area contributed by atoms with Gasteiger partial charge in [-0.2, -0.15) is 0 Å². The van der Waals surface area contributed by atoms with E-state index in [1.165, 1.54) is 0 Å². The normalized spacial score (nSPS) is 11.8. The maximum absolute atomic E-state index is 11.3. The molecule has 0 aliphatic rings. The summed E-state index contributed by atoms with van der Waals surface area (Å²) in [5.41, 5.74) is 7.98. The lowest BCUT2D eigenvalue weighted by Crippen LogP contribution is -2.09. The molecule has 5 nitrogen and oxygen atoms in total. The molecule has 0 bridgehead atoms. The fraction of sp³-hybridized carbons (Fsp3) is 0.0714. The van der Waals surface area contributed by atoms with Crippen molar-refractivity contribution in [3.8, 4) is 0 Å². The second-order valence-corrected chi connectivity index (χ2v) is 6.42. The van der Waals surface area contributed by atoms with E-state index in [1.807, 2.05) is 18.2 Å². The highest BCUT2D eigenvalue weighted by Crippen LogP contribution is 2.31. The number of hydrogen-bond acceptors (Lipinski definition) is 4. The number of fused-ring (bicyclic) bond motifs is 3. The van der Waals surface area contributed by atoms with Gasteiger partial charge in [0.05, 0.1) is 11.8 Å². The molecule has 1 aromatic heterocycles. The molecule has 0 aliphatic carbocycles. The number of benzene rings is 2. The van der Waals surface area contributed by atoms with Gasteiger partial charge in [0, 0.05) is 33.7 Å². The number of rotatable bonds is 2. The molecule has 0 aliphatic heterocycles. The Morgan fingerprint density at radius 3 is 2.70 bits per heavy atom. The highest BCUT2D eigenvalue weighted by molar-refractivity contribution is 7.92. The van der Waals surface area contributed by atoms with Gasteiger partial charge in [-0.15, -0.1) is 0 Å². The van der Waals surface area contributed by atoms with Crippen LogP contribution in [0.15, 0.2) is 42.6 Å². The molecule has 0 saturated heterocycles. The Morgan fingerprint density at radius 1 is 1.15 bits per heavy atom. The standard InChI is InChI=1S/C14H13N3O2S/c1-20(18,19)17-10-4-5-11-12(8-10)14-9(7-13(11)15)3-2-6-16-14/h2-8,17H,15H2,1H3. The third kappa shape index (κ3) is 2.25. The van der Waals surface area contributed by atoms with E-state index < -0.39 is 10.0 Å². The van der Waals surface area contributed by atoms with Crippen LogP contribution in [0.4, 0.5) is 11.4 Å². The largest absolute Gasteiger partial charge is 0.398 e. The number of anilines is 2. The first-order valence-electron chi connectivity index (χ1n) is 5.99. The summed E-state index contributed by atoms with van der Waals surface area (Å²) >= 11 is 0. The van der Waals surface area contributed by atoms with Gasteiger partial charge in [-0.3, -0.25) is 9.71 Å². The number of aromatic nitrogens is 1. The first kappa shape index (κ1) is 12.7. The number of nitrogens with two attached hydrogens (primary N) is 1. The molecule has 0 radical (unpaired) electrons. The van der Waals surface area contributed by atoms with Crippen molar-refractivity contribution in [2.75, 3.05) is 16.7 Å². The third-order valence-electron chi connectivity index (χ3n) is 3.04. The number of pyridine rings is 1. The van der Waals surface area contributed by atoms with Crippen LogP contribution in [0.25, 0.3) is 21.7 Å². The topological polar surface area (TPSA) is 85.1 Å². The van der Waals surface area contributed by atoms with E-state index in [-0.39, 0.29) is 0 Å². The Labute approximate surface area is 116 Å². The van der Waals surface area contributed by atoms with Crippen molar-refractivity contribution >= 4 is 43.1 Å². The Bertz CT molecular complexity index is 920. The highest BCUT2D eigenvalue weighted by Gasteiger charge is 2.08. The van der Waals surface area contributed by atoms with Crippen molar-refractivity contribution < 1.29 is 8.42 Å². The average Bonchev–Trinajstić information content (AvgIpc) is 2.37. The van der Waals surface area contributed by atoms with Gasteiger partial charge in [0.2, 0.25) is 10.0 Å². The minimum Gasteiger partial charge on any atom is -0.398 e. The van der Waals surface area contributed by atoms with Gasteiger partial charge in [0.15, 0.2) is 0 Å². The molecule has 2 aromatic carbocycles. The fourth-order valence-corrected chi connectivity index (χ4v) is 2.83. The molecule has 6 heteroatoms. The zero-order valence-corrected chi connectivity index (χ0v) is 11.6. The lowest BCUT2D eigenvalue weighted by Gasteiger charge is -2.09. The third-order valence-corrected chi connectivity index (χ3v) is 3.65. The quantitative estimate of drug-likeness (QED) is 0.559. The highest BCUT2D eigenvalue weighted by atomic mass is 32.2. The minimum atomic E-state index is -3.31. The average molecular weight is 287 g/mol. The summed E-state index contributed by atoms with van der Waals surface area (Å²) in [7, 11) is -3.31. The first-order valence-corrected chi connectivity index (χ1v) is 7.88. The maximum atomic E-state index is 11.3. The van der Waals surface area contributed by atoms with E-state index in [4.69, 9.17) is 5.73 Å². The van der Waals surface area contributed by atoms with Crippen LogP contribution in [-0.4, -0.2) is 19.7 Å². The molecule has 20 heavy (non-hydrogen) atoms. The van der Waals surface area contributed by atoms with Gasteiger partial charge >= 0.3 is 0 Å². The van der Waals surface area contributed by atoms with Gasteiger partial charge in [-0.05, 0) is 24.3 Å². The van der Waals surface area contributed by atoms with E-state index in [1.54, 1.807) is 24.4 Å². The molecule has 3 aromatic rings. The van der Waals surface area contributed by atoms with Gasteiger partial charge in [0.25, 0.3) is 0 Å². The monoisotopic (exact) mass is 287 g/mol. The summed E-state index contributed by atoms with van der Waals surface area (Å²) in [6.07, 6.45) is 2.82. The van der Waals surface area contributed by atoms with Crippen LogP contribution in [-0.2, 0) is 10.0 Å². The summed E-state index contributed by atoms with van der Waals surface area (Å²) < 4.78 is 25.1. The molecule has 0 fully saturated rings. The second-order valence-electron chi connectivity index (χ2n) is 4.68. The van der Waals surface area contributed by atoms with Crippen LogP contribution in [0.2, 0.25) is 0 Å². The molecule has 0 saturated carbocycles. The van der Waals surface area contributed by atoms with Crippen LogP contribution < -0.4 is 10.5 Å². The Kier molecular flexibility index (Phi) is 2.76. The van der Waals surface area contributed by atoms with Crippen LogP contribution >= 0.6 is 0 Å². The van der Waals surface area contributed by atoms with Crippen molar-refractivity contribution in [1.29, 1.82) is 0 Å². The van der Waals surface area contributed by atoms with Gasteiger partial charge < -0.3 is 5.73 Å². The van der Waals surface area contributed by atoms with Crippen LogP contribution in [0.1, 0.15) is 0 Å². The van der Waals surface area contributed by atoms with Crippen LogP contribution in [0, 0.1) is 0 Å². The van der Waals surface area contributed by atoms with E-state index in [2.05, 4.69) is 9.71 Å². The van der Waals surface area contributed by atoms with Crippen molar-refractivity contribution in [2.45, 2.75) is 0 Å². The zero-order chi connectivity index (χ0) is 14.3. The van der Waals surface area contributed by atoms with Crippen molar-refractivity contribution in [3.63, 3.8) is 0 Å². The SMILES string of the molecule is CS(=O)(=O)Nc1ccc2c(N)cc3cccnc3c2c1. The van der Waals surface area contributed by atoms with Crippen molar-refractivity contribution in [1.82, 2.24) is 4.98 Å². The molecular weight excluding hydrogens is 274 g/mol. The lowest BCUT2D eigenvalue weighted by atomic mass is 10.0. The summed E-state index contributed by atoms with van der Waals surface area (Å²) in [4.78, 5) is 4.36. The van der Waals surface area contributed by atoms with Crippen molar-refractivity contribution in [2.24, 2.45) is 0 Å². The van der Waals surface area contributed by atoms with Crippen LogP contribution in [0.5, 0.6) is 0 Å². The maximum Gasteiger partial charge on any atom is 0.229 e. The number of nitrogens with zero attached hydrogens (tertiary/aromatic N) is 1. The number of nitrogens with one attached hydrogen (secondary N) is 1. The van der Waals surface area contributed by atoms with Crippen molar-refractivity contribution in [3.05, 3.63) is 42.6 Å². The molecule has 0 atom stereocenters. The molecular formula is C14H13N3O2S. The Morgan fingerprint density at radius 2 is 1.95 bits per heavy atom.